The first kappa shape index (κ1) is 5.03. The molecule has 7 heavy (non-hydrogen) atoms. The lowest BCUT2D eigenvalue weighted by Gasteiger charge is -2.03. The monoisotopic (exact) mass is 101 g/mol. The molecule has 0 bridgehead atoms. The van der Waals surface area contributed by atoms with Crippen LogP contribution in [0.5, 0.6) is 0 Å². The zero-order valence-electron chi connectivity index (χ0n) is 4.28. The maximum Gasteiger partial charge on any atom is 0.0699 e. The lowest BCUT2D eigenvalue weighted by molar-refractivity contribution is 0.564. The fraction of sp³-hybridized carbons (Fsp3) is 1.00. The zero-order valence-corrected chi connectivity index (χ0v) is 4.28. The SMILES string of the molecule is NCC1NCCN1. The van der Waals surface area contributed by atoms with Crippen molar-refractivity contribution in [3.05, 3.63) is 0 Å². The Morgan fingerprint density at radius 1 is 1.43 bits per heavy atom. The molecule has 42 valence electrons. The van der Waals surface area contributed by atoms with Gasteiger partial charge in [0.15, 0.2) is 0 Å². The van der Waals surface area contributed by atoms with Crippen molar-refractivity contribution >= 4 is 0 Å². The van der Waals surface area contributed by atoms with Gasteiger partial charge in [0.05, 0.1) is 6.17 Å². The lowest BCUT2D eigenvalue weighted by Crippen LogP contribution is -2.38. The number of rotatable bonds is 1. The van der Waals surface area contributed by atoms with E-state index in [9.17, 15) is 0 Å². The Labute approximate surface area is 43.3 Å². The average molecular weight is 101 g/mol. The molecule has 0 saturated carbocycles. The Balaban J connectivity index is 2.14. The van der Waals surface area contributed by atoms with Gasteiger partial charge in [0.2, 0.25) is 0 Å². The Morgan fingerprint density at radius 2 is 2.00 bits per heavy atom. The number of hydrogen-bond acceptors (Lipinski definition) is 3. The molecule has 1 aliphatic heterocycles. The highest BCUT2D eigenvalue weighted by Gasteiger charge is 2.08. The summed E-state index contributed by atoms with van der Waals surface area (Å²) in [6.45, 7) is 2.81. The molecule has 0 amide bonds. The highest BCUT2D eigenvalue weighted by atomic mass is 15.2. The first-order valence-electron chi connectivity index (χ1n) is 2.60. The summed E-state index contributed by atoms with van der Waals surface area (Å²) < 4.78 is 0. The molecule has 0 aromatic heterocycles. The van der Waals surface area contributed by atoms with Crippen LogP contribution in [0.15, 0.2) is 0 Å². The van der Waals surface area contributed by atoms with E-state index in [1.807, 2.05) is 0 Å². The minimum absolute atomic E-state index is 0.375. The first-order chi connectivity index (χ1) is 3.43. The van der Waals surface area contributed by atoms with Gasteiger partial charge in [-0.15, -0.1) is 0 Å². The molecule has 1 rings (SSSR count). The van der Waals surface area contributed by atoms with E-state index in [0.717, 1.165) is 13.1 Å². The molecule has 0 aromatic rings. The third-order valence-electron chi connectivity index (χ3n) is 1.14. The maximum atomic E-state index is 5.31. The van der Waals surface area contributed by atoms with Crippen molar-refractivity contribution in [2.24, 2.45) is 5.73 Å². The summed E-state index contributed by atoms with van der Waals surface area (Å²) in [6.07, 6.45) is 0.375. The van der Waals surface area contributed by atoms with Gasteiger partial charge in [-0.1, -0.05) is 0 Å². The first-order valence-corrected chi connectivity index (χ1v) is 2.60. The van der Waals surface area contributed by atoms with Crippen molar-refractivity contribution in [3.63, 3.8) is 0 Å². The van der Waals surface area contributed by atoms with Crippen molar-refractivity contribution in [3.8, 4) is 0 Å². The van der Waals surface area contributed by atoms with E-state index < -0.39 is 0 Å². The van der Waals surface area contributed by atoms with E-state index in [-0.39, 0.29) is 0 Å². The third kappa shape index (κ3) is 1.12. The predicted octanol–water partition coefficient (Wildman–Crippen LogP) is -1.54. The molecule has 1 heterocycles. The van der Waals surface area contributed by atoms with Crippen LogP contribution < -0.4 is 16.4 Å². The van der Waals surface area contributed by atoms with Crippen molar-refractivity contribution in [1.29, 1.82) is 0 Å². The molecule has 1 saturated heterocycles. The molecule has 0 aromatic carbocycles. The normalized spacial score (nSPS) is 23.6. The molecule has 0 radical (unpaired) electrons. The average Bonchev–Trinajstić information content (AvgIpc) is 2.14. The van der Waals surface area contributed by atoms with E-state index in [4.69, 9.17) is 5.73 Å². The van der Waals surface area contributed by atoms with Crippen LogP contribution in [-0.2, 0) is 0 Å². The fourth-order valence-corrected chi connectivity index (χ4v) is 0.732. The minimum atomic E-state index is 0.375. The van der Waals surface area contributed by atoms with Gasteiger partial charge in [-0.2, -0.15) is 0 Å². The van der Waals surface area contributed by atoms with Gasteiger partial charge in [-0.05, 0) is 0 Å². The van der Waals surface area contributed by atoms with E-state index in [1.165, 1.54) is 0 Å². The molecular weight excluding hydrogens is 90.1 g/mol. The van der Waals surface area contributed by atoms with E-state index in [1.54, 1.807) is 0 Å². The summed E-state index contributed by atoms with van der Waals surface area (Å²) in [4.78, 5) is 0. The highest BCUT2D eigenvalue weighted by molar-refractivity contribution is 4.72. The van der Waals surface area contributed by atoms with Crippen LogP contribution in [0, 0.1) is 0 Å². The van der Waals surface area contributed by atoms with Crippen LogP contribution in [0.3, 0.4) is 0 Å². The van der Waals surface area contributed by atoms with Crippen molar-refractivity contribution in [2.75, 3.05) is 19.6 Å². The van der Waals surface area contributed by atoms with E-state index >= 15 is 0 Å². The maximum absolute atomic E-state index is 5.31. The molecule has 0 atom stereocenters. The topological polar surface area (TPSA) is 50.1 Å². The number of hydrogen-bond donors (Lipinski definition) is 3. The van der Waals surface area contributed by atoms with Crippen molar-refractivity contribution in [1.82, 2.24) is 10.6 Å². The van der Waals surface area contributed by atoms with Crippen LogP contribution >= 0.6 is 0 Å². The highest BCUT2D eigenvalue weighted by Crippen LogP contribution is 1.78. The molecule has 4 N–H and O–H groups in total. The summed E-state index contributed by atoms with van der Waals surface area (Å²) in [7, 11) is 0. The van der Waals surface area contributed by atoms with E-state index in [0.29, 0.717) is 12.7 Å². The van der Waals surface area contributed by atoms with Crippen molar-refractivity contribution < 1.29 is 0 Å². The van der Waals surface area contributed by atoms with E-state index in [2.05, 4.69) is 10.6 Å². The zero-order chi connectivity index (χ0) is 5.11. The molecule has 0 aliphatic carbocycles. The van der Waals surface area contributed by atoms with Gasteiger partial charge in [-0.25, -0.2) is 0 Å². The summed E-state index contributed by atoms with van der Waals surface area (Å²) >= 11 is 0. The second-order valence-corrected chi connectivity index (χ2v) is 1.70. The van der Waals surface area contributed by atoms with Crippen molar-refractivity contribution in [2.45, 2.75) is 6.17 Å². The predicted molar refractivity (Wildman–Crippen MR) is 28.8 cm³/mol. The van der Waals surface area contributed by atoms with Gasteiger partial charge < -0.3 is 5.73 Å². The largest absolute Gasteiger partial charge is 0.328 e. The standard InChI is InChI=1S/C4H11N3/c5-3-4-6-1-2-7-4/h4,6-7H,1-3,5H2. The van der Waals surface area contributed by atoms with Gasteiger partial charge in [0.1, 0.15) is 0 Å². The Morgan fingerprint density at radius 3 is 2.29 bits per heavy atom. The van der Waals surface area contributed by atoms with Gasteiger partial charge in [0, 0.05) is 19.6 Å². The van der Waals surface area contributed by atoms with Gasteiger partial charge >= 0.3 is 0 Å². The molecule has 1 fully saturated rings. The van der Waals surface area contributed by atoms with Crippen LogP contribution in [-0.4, -0.2) is 25.8 Å². The molecule has 0 spiro atoms. The molecule has 1 aliphatic rings. The van der Waals surface area contributed by atoms with Gasteiger partial charge in [-0.3, -0.25) is 10.6 Å². The Kier molecular flexibility index (Phi) is 1.62. The second kappa shape index (κ2) is 2.26. The summed E-state index contributed by atoms with van der Waals surface area (Å²) in [6, 6.07) is 0. The number of nitrogens with two attached hydrogens (primary N) is 1. The minimum Gasteiger partial charge on any atom is -0.328 e. The van der Waals surface area contributed by atoms with Crippen LogP contribution in [0.25, 0.3) is 0 Å². The second-order valence-electron chi connectivity index (χ2n) is 1.70. The Hall–Kier alpha value is -0.120. The summed E-state index contributed by atoms with van der Waals surface area (Å²) in [5.74, 6) is 0. The van der Waals surface area contributed by atoms with Crippen LogP contribution in [0.2, 0.25) is 0 Å². The summed E-state index contributed by atoms with van der Waals surface area (Å²) in [5.41, 5.74) is 5.31. The third-order valence-corrected chi connectivity index (χ3v) is 1.14. The molecular formula is C4H11N3. The smallest absolute Gasteiger partial charge is 0.0699 e. The molecule has 0 unspecified atom stereocenters. The van der Waals surface area contributed by atoms with Crippen LogP contribution in [0.4, 0.5) is 0 Å². The quantitative estimate of drug-likeness (QED) is 0.375. The van der Waals surface area contributed by atoms with Crippen LogP contribution in [0.1, 0.15) is 0 Å². The lowest BCUT2D eigenvalue weighted by atomic mass is 10.5. The van der Waals surface area contributed by atoms with Gasteiger partial charge in [0.25, 0.3) is 0 Å². The molecule has 3 nitrogen and oxygen atoms in total. The number of nitrogens with one attached hydrogen (secondary N) is 2. The Bertz CT molecular complexity index is 48.9. The summed E-state index contributed by atoms with van der Waals surface area (Å²) in [5, 5.41) is 6.34. The molecule has 3 heteroatoms. The fourth-order valence-electron chi connectivity index (χ4n) is 0.732.